The van der Waals surface area contributed by atoms with Crippen LogP contribution in [0.15, 0.2) is 90.0 Å². The van der Waals surface area contributed by atoms with Crippen molar-refractivity contribution in [2.24, 2.45) is 5.10 Å². The number of ether oxygens (including phenoxy) is 1. The fourth-order valence-electron chi connectivity index (χ4n) is 3.94. The van der Waals surface area contributed by atoms with Gasteiger partial charge in [-0.3, -0.25) is 9.91 Å². The van der Waals surface area contributed by atoms with Crippen LogP contribution in [-0.4, -0.2) is 55.4 Å². The molecule has 158 valence electrons. The summed E-state index contributed by atoms with van der Waals surface area (Å²) in [4.78, 5) is 14.1. The van der Waals surface area contributed by atoms with E-state index in [0.717, 1.165) is 31.7 Å². The SMILES string of the molecule is COC(=O)c1ccc(/C=N\N2CCN(C(c3ccccc3)c3ccccc3)CC2)cc1. The van der Waals surface area contributed by atoms with E-state index in [1.807, 2.05) is 18.3 Å². The van der Waals surface area contributed by atoms with E-state index in [2.05, 4.69) is 75.7 Å². The minimum Gasteiger partial charge on any atom is -0.465 e. The van der Waals surface area contributed by atoms with Crippen molar-refractivity contribution in [3.8, 4) is 0 Å². The van der Waals surface area contributed by atoms with Gasteiger partial charge in [0.05, 0.1) is 24.9 Å². The zero-order valence-electron chi connectivity index (χ0n) is 17.7. The highest BCUT2D eigenvalue weighted by Gasteiger charge is 2.25. The first-order valence-electron chi connectivity index (χ1n) is 10.6. The first-order chi connectivity index (χ1) is 15.2. The van der Waals surface area contributed by atoms with Gasteiger partial charge in [-0.25, -0.2) is 4.79 Å². The summed E-state index contributed by atoms with van der Waals surface area (Å²) in [5.74, 6) is -0.328. The van der Waals surface area contributed by atoms with Crippen molar-refractivity contribution in [2.45, 2.75) is 6.04 Å². The molecule has 0 N–H and O–H groups in total. The number of hydrogen-bond acceptors (Lipinski definition) is 5. The molecule has 31 heavy (non-hydrogen) atoms. The summed E-state index contributed by atoms with van der Waals surface area (Å²) in [5.41, 5.74) is 4.13. The monoisotopic (exact) mass is 413 g/mol. The minimum absolute atomic E-state index is 0.249. The van der Waals surface area contributed by atoms with Crippen LogP contribution in [0, 0.1) is 0 Å². The molecule has 1 aliphatic heterocycles. The fraction of sp³-hybridized carbons (Fsp3) is 0.231. The summed E-state index contributed by atoms with van der Waals surface area (Å²) < 4.78 is 4.74. The average molecular weight is 414 g/mol. The summed E-state index contributed by atoms with van der Waals surface area (Å²) in [6.07, 6.45) is 1.85. The second-order valence-corrected chi connectivity index (χ2v) is 7.57. The summed E-state index contributed by atoms with van der Waals surface area (Å²) in [6, 6.07) is 28.9. The lowest BCUT2D eigenvalue weighted by atomic mass is 9.96. The Labute approximate surface area is 183 Å². The van der Waals surface area contributed by atoms with E-state index in [1.165, 1.54) is 18.2 Å². The van der Waals surface area contributed by atoms with Crippen LogP contribution in [0.4, 0.5) is 0 Å². The maximum Gasteiger partial charge on any atom is 0.337 e. The molecule has 0 spiro atoms. The van der Waals surface area contributed by atoms with E-state index in [4.69, 9.17) is 4.74 Å². The van der Waals surface area contributed by atoms with Crippen LogP contribution < -0.4 is 0 Å². The van der Waals surface area contributed by atoms with Gasteiger partial charge in [0.15, 0.2) is 0 Å². The molecule has 1 saturated heterocycles. The molecular formula is C26H27N3O2. The summed E-state index contributed by atoms with van der Waals surface area (Å²) in [6.45, 7) is 3.61. The van der Waals surface area contributed by atoms with Crippen molar-refractivity contribution in [1.82, 2.24) is 9.91 Å². The number of methoxy groups -OCH3 is 1. The molecule has 3 aromatic rings. The number of carbonyl (C=O) groups excluding carboxylic acids is 1. The molecule has 4 rings (SSSR count). The first-order valence-corrected chi connectivity index (χ1v) is 10.6. The molecule has 3 aromatic carbocycles. The van der Waals surface area contributed by atoms with Crippen LogP contribution in [0.5, 0.6) is 0 Å². The van der Waals surface area contributed by atoms with E-state index in [1.54, 1.807) is 12.1 Å². The lowest BCUT2D eigenvalue weighted by Crippen LogP contribution is -2.45. The molecule has 0 aromatic heterocycles. The van der Waals surface area contributed by atoms with Crippen molar-refractivity contribution in [3.05, 3.63) is 107 Å². The van der Waals surface area contributed by atoms with Crippen molar-refractivity contribution in [3.63, 3.8) is 0 Å². The zero-order valence-corrected chi connectivity index (χ0v) is 17.7. The third-order valence-electron chi connectivity index (χ3n) is 5.59. The Morgan fingerprint density at radius 1 is 0.839 bits per heavy atom. The van der Waals surface area contributed by atoms with Crippen molar-refractivity contribution >= 4 is 12.2 Å². The Morgan fingerprint density at radius 3 is 1.90 bits per heavy atom. The molecule has 0 atom stereocenters. The lowest BCUT2D eigenvalue weighted by Gasteiger charge is -2.38. The van der Waals surface area contributed by atoms with Crippen molar-refractivity contribution in [1.29, 1.82) is 0 Å². The van der Waals surface area contributed by atoms with Gasteiger partial charge in [0.2, 0.25) is 0 Å². The topological polar surface area (TPSA) is 45.1 Å². The van der Waals surface area contributed by atoms with Crippen LogP contribution in [0.25, 0.3) is 0 Å². The van der Waals surface area contributed by atoms with Crippen molar-refractivity contribution in [2.75, 3.05) is 33.3 Å². The number of hydrogen-bond donors (Lipinski definition) is 0. The molecule has 1 fully saturated rings. The van der Waals surface area contributed by atoms with Gasteiger partial charge in [0.1, 0.15) is 0 Å². The number of esters is 1. The fourth-order valence-corrected chi connectivity index (χ4v) is 3.94. The van der Waals surface area contributed by atoms with Gasteiger partial charge >= 0.3 is 5.97 Å². The maximum atomic E-state index is 11.6. The largest absolute Gasteiger partial charge is 0.465 e. The molecule has 5 nitrogen and oxygen atoms in total. The quantitative estimate of drug-likeness (QED) is 0.449. The Kier molecular flexibility index (Phi) is 6.75. The zero-order chi connectivity index (χ0) is 21.5. The third-order valence-corrected chi connectivity index (χ3v) is 5.59. The van der Waals surface area contributed by atoms with Crippen LogP contribution in [0.1, 0.15) is 33.1 Å². The van der Waals surface area contributed by atoms with Crippen LogP contribution in [0.3, 0.4) is 0 Å². The molecule has 5 heteroatoms. The molecule has 1 heterocycles. The van der Waals surface area contributed by atoms with Crippen LogP contribution >= 0.6 is 0 Å². The molecule has 0 radical (unpaired) electrons. The lowest BCUT2D eigenvalue weighted by molar-refractivity contribution is 0.0600. The number of benzene rings is 3. The second-order valence-electron chi connectivity index (χ2n) is 7.57. The highest BCUT2D eigenvalue weighted by atomic mass is 16.5. The Hall–Kier alpha value is -3.44. The number of nitrogens with zero attached hydrogens (tertiary/aromatic N) is 3. The normalized spacial score (nSPS) is 14.8. The molecular weight excluding hydrogens is 386 g/mol. The number of rotatable bonds is 6. The van der Waals surface area contributed by atoms with Crippen LogP contribution in [-0.2, 0) is 4.74 Å². The van der Waals surface area contributed by atoms with E-state index < -0.39 is 0 Å². The predicted molar refractivity (Wildman–Crippen MR) is 123 cm³/mol. The van der Waals surface area contributed by atoms with Gasteiger partial charge in [-0.2, -0.15) is 5.10 Å². The molecule has 0 amide bonds. The number of carbonyl (C=O) groups is 1. The Balaban J connectivity index is 1.41. The maximum absolute atomic E-state index is 11.6. The molecule has 0 bridgehead atoms. The highest BCUT2D eigenvalue weighted by Crippen LogP contribution is 2.29. The van der Waals surface area contributed by atoms with Gasteiger partial charge in [0.25, 0.3) is 0 Å². The average Bonchev–Trinajstić information content (AvgIpc) is 2.85. The van der Waals surface area contributed by atoms with E-state index in [-0.39, 0.29) is 12.0 Å². The van der Waals surface area contributed by atoms with E-state index >= 15 is 0 Å². The predicted octanol–water partition coefficient (Wildman–Crippen LogP) is 4.21. The van der Waals surface area contributed by atoms with Gasteiger partial charge in [-0.05, 0) is 28.8 Å². The van der Waals surface area contributed by atoms with Gasteiger partial charge in [-0.1, -0.05) is 72.8 Å². The second kappa shape index (κ2) is 10.0. The summed E-state index contributed by atoms with van der Waals surface area (Å²) in [5, 5.41) is 6.76. The molecule has 0 unspecified atom stereocenters. The van der Waals surface area contributed by atoms with Gasteiger partial charge in [0, 0.05) is 26.2 Å². The molecule has 1 aliphatic rings. The smallest absolute Gasteiger partial charge is 0.337 e. The van der Waals surface area contributed by atoms with Gasteiger partial charge in [-0.15, -0.1) is 0 Å². The highest BCUT2D eigenvalue weighted by molar-refractivity contribution is 5.90. The van der Waals surface area contributed by atoms with Gasteiger partial charge < -0.3 is 4.74 Å². The summed E-state index contributed by atoms with van der Waals surface area (Å²) >= 11 is 0. The molecule has 0 aliphatic carbocycles. The minimum atomic E-state index is -0.328. The van der Waals surface area contributed by atoms with Crippen LogP contribution in [0.2, 0.25) is 0 Å². The standard InChI is InChI=1S/C26H27N3O2/c1-31-26(30)24-14-12-21(13-15-24)20-27-29-18-16-28(17-19-29)25(22-8-4-2-5-9-22)23-10-6-3-7-11-23/h2-15,20,25H,16-19H2,1H3/b27-20-. The number of hydrazone groups is 1. The van der Waals surface area contributed by atoms with E-state index in [0.29, 0.717) is 5.56 Å². The third kappa shape index (κ3) is 5.19. The first kappa shape index (κ1) is 20.8. The molecule has 0 saturated carbocycles. The Morgan fingerprint density at radius 2 is 1.39 bits per heavy atom. The number of piperazine rings is 1. The summed E-state index contributed by atoms with van der Waals surface area (Å²) in [7, 11) is 1.39. The Bertz CT molecular complexity index is 956. The van der Waals surface area contributed by atoms with Crippen molar-refractivity contribution < 1.29 is 9.53 Å². The van der Waals surface area contributed by atoms with E-state index in [9.17, 15) is 4.79 Å².